The molecule has 1 unspecified atom stereocenters. The first-order chi connectivity index (χ1) is 13.6. The van der Waals surface area contributed by atoms with Crippen LogP contribution in [0.2, 0.25) is 0 Å². The highest BCUT2D eigenvalue weighted by Crippen LogP contribution is 2.11. The van der Waals surface area contributed by atoms with Gasteiger partial charge in [-0.1, -0.05) is 13.8 Å². The molecule has 0 radical (unpaired) electrons. The van der Waals surface area contributed by atoms with Crippen LogP contribution in [0.1, 0.15) is 52.8 Å². The molecule has 1 aliphatic heterocycles. The zero-order chi connectivity index (χ0) is 20.4. The highest BCUT2D eigenvalue weighted by Gasteiger charge is 2.24. The van der Waals surface area contributed by atoms with Crippen molar-refractivity contribution in [3.8, 4) is 0 Å². The molecule has 0 aliphatic carbocycles. The van der Waals surface area contributed by atoms with E-state index in [1.165, 1.54) is 0 Å². The maximum Gasteiger partial charge on any atom is 0.409 e. The molecule has 1 amide bonds. The van der Waals surface area contributed by atoms with E-state index in [4.69, 9.17) is 9.73 Å². The van der Waals surface area contributed by atoms with Crippen molar-refractivity contribution in [3.63, 3.8) is 0 Å². The van der Waals surface area contributed by atoms with Crippen molar-refractivity contribution in [2.45, 2.75) is 72.0 Å². The van der Waals surface area contributed by atoms with Gasteiger partial charge in [-0.3, -0.25) is 4.99 Å². The number of ether oxygens (including phenoxy) is 1. The topological polar surface area (TPSA) is 96.7 Å². The van der Waals surface area contributed by atoms with E-state index >= 15 is 0 Å². The van der Waals surface area contributed by atoms with Crippen molar-refractivity contribution in [3.05, 3.63) is 12.2 Å². The number of piperidine rings is 1. The normalized spacial score (nSPS) is 16.7. The third-order valence-corrected chi connectivity index (χ3v) is 4.98. The van der Waals surface area contributed by atoms with Gasteiger partial charge in [0.25, 0.3) is 0 Å². The van der Waals surface area contributed by atoms with Crippen LogP contribution in [0.5, 0.6) is 0 Å². The van der Waals surface area contributed by atoms with Crippen molar-refractivity contribution in [1.29, 1.82) is 0 Å². The lowest BCUT2D eigenvalue weighted by molar-refractivity contribution is 0.0963. The molecule has 0 bridgehead atoms. The highest BCUT2D eigenvalue weighted by atomic mass is 16.6. The molecule has 0 saturated carbocycles. The van der Waals surface area contributed by atoms with Gasteiger partial charge >= 0.3 is 6.09 Å². The predicted octanol–water partition coefficient (Wildman–Crippen LogP) is 1.80. The highest BCUT2D eigenvalue weighted by molar-refractivity contribution is 5.80. The lowest BCUT2D eigenvalue weighted by atomic mass is 10.1. The molecule has 1 atom stereocenters. The first-order valence-electron chi connectivity index (χ1n) is 10.4. The van der Waals surface area contributed by atoms with Crippen LogP contribution in [-0.4, -0.2) is 70.0 Å². The van der Waals surface area contributed by atoms with E-state index in [1.54, 1.807) is 11.2 Å². The monoisotopic (exact) mass is 393 g/mol. The van der Waals surface area contributed by atoms with Crippen LogP contribution in [-0.2, 0) is 17.7 Å². The van der Waals surface area contributed by atoms with Gasteiger partial charge in [-0.15, -0.1) is 10.2 Å². The fourth-order valence-electron chi connectivity index (χ4n) is 3.09. The third-order valence-electron chi connectivity index (χ3n) is 4.98. The fourth-order valence-corrected chi connectivity index (χ4v) is 3.09. The Hall–Kier alpha value is -2.32. The second-order valence-corrected chi connectivity index (χ2v) is 7.08. The van der Waals surface area contributed by atoms with Gasteiger partial charge in [0.1, 0.15) is 12.2 Å². The van der Waals surface area contributed by atoms with Crippen molar-refractivity contribution in [2.24, 2.45) is 4.99 Å². The van der Waals surface area contributed by atoms with E-state index in [0.29, 0.717) is 38.3 Å². The molecule has 9 nitrogen and oxygen atoms in total. The number of hydrogen-bond donors (Lipinski definition) is 2. The minimum absolute atomic E-state index is 0.215. The molecule has 1 aromatic rings. The molecule has 1 fully saturated rings. The van der Waals surface area contributed by atoms with Crippen LogP contribution in [0.4, 0.5) is 4.79 Å². The largest absolute Gasteiger partial charge is 0.450 e. The maximum atomic E-state index is 11.9. The lowest BCUT2D eigenvalue weighted by Gasteiger charge is -2.32. The van der Waals surface area contributed by atoms with Crippen LogP contribution in [0.25, 0.3) is 0 Å². The van der Waals surface area contributed by atoms with Crippen molar-refractivity contribution in [2.75, 3.05) is 26.2 Å². The summed E-state index contributed by atoms with van der Waals surface area (Å²) in [7, 11) is 0. The summed E-state index contributed by atoms with van der Waals surface area (Å²) in [4.78, 5) is 18.4. The maximum absolute atomic E-state index is 11.9. The molecule has 0 spiro atoms. The van der Waals surface area contributed by atoms with E-state index in [1.807, 2.05) is 11.5 Å². The molecule has 1 saturated heterocycles. The van der Waals surface area contributed by atoms with Crippen LogP contribution in [0.3, 0.4) is 0 Å². The SMILES string of the molecule is CCOC(=O)N1CCC(NC(=NCCn2cnnc2CC)NC(C)CC)CC1. The molecule has 9 heteroatoms. The second-order valence-electron chi connectivity index (χ2n) is 7.08. The summed E-state index contributed by atoms with van der Waals surface area (Å²) in [6.45, 7) is 11.4. The van der Waals surface area contributed by atoms with Gasteiger partial charge in [-0.25, -0.2) is 4.79 Å². The number of carbonyl (C=O) groups excluding carboxylic acids is 1. The number of rotatable bonds is 8. The molecular formula is C19H35N7O2. The summed E-state index contributed by atoms with van der Waals surface area (Å²) in [6, 6.07) is 0.633. The number of aliphatic imine (C=N–C) groups is 1. The van der Waals surface area contributed by atoms with Gasteiger partial charge in [-0.2, -0.15) is 0 Å². The molecule has 0 aromatic carbocycles. The number of nitrogens with one attached hydrogen (secondary N) is 2. The number of nitrogens with zero attached hydrogens (tertiary/aromatic N) is 5. The summed E-state index contributed by atoms with van der Waals surface area (Å²) in [5, 5.41) is 15.1. The number of guanidine groups is 1. The average Bonchev–Trinajstić information content (AvgIpc) is 3.16. The number of aromatic nitrogens is 3. The summed E-state index contributed by atoms with van der Waals surface area (Å²) < 4.78 is 7.13. The molecule has 28 heavy (non-hydrogen) atoms. The zero-order valence-electron chi connectivity index (χ0n) is 17.6. The molecule has 158 valence electrons. The molecule has 2 heterocycles. The Morgan fingerprint density at radius 2 is 2.11 bits per heavy atom. The molecule has 2 N–H and O–H groups in total. The van der Waals surface area contributed by atoms with E-state index in [0.717, 1.165) is 44.0 Å². The Morgan fingerprint density at radius 3 is 2.75 bits per heavy atom. The number of carbonyl (C=O) groups is 1. The predicted molar refractivity (Wildman–Crippen MR) is 109 cm³/mol. The number of hydrogen-bond acceptors (Lipinski definition) is 5. The molecule has 2 rings (SSSR count). The third kappa shape index (κ3) is 6.69. The van der Waals surface area contributed by atoms with Crippen molar-refractivity contribution in [1.82, 2.24) is 30.3 Å². The summed E-state index contributed by atoms with van der Waals surface area (Å²) in [5.41, 5.74) is 0. The summed E-state index contributed by atoms with van der Waals surface area (Å²) >= 11 is 0. The number of amides is 1. The van der Waals surface area contributed by atoms with E-state index in [9.17, 15) is 4.79 Å². The number of aryl methyl sites for hydroxylation is 1. The quantitative estimate of drug-likeness (QED) is 0.516. The van der Waals surface area contributed by atoms with Gasteiger partial charge in [0, 0.05) is 38.1 Å². The van der Waals surface area contributed by atoms with Gasteiger partial charge in [0.2, 0.25) is 0 Å². The van der Waals surface area contributed by atoms with Gasteiger partial charge in [0.05, 0.1) is 13.2 Å². The second kappa shape index (κ2) is 11.5. The van der Waals surface area contributed by atoms with Gasteiger partial charge in [-0.05, 0) is 33.1 Å². The van der Waals surface area contributed by atoms with Crippen molar-refractivity contribution >= 4 is 12.1 Å². The Morgan fingerprint density at radius 1 is 1.36 bits per heavy atom. The Labute approximate surface area is 167 Å². The van der Waals surface area contributed by atoms with Crippen LogP contribution in [0, 0.1) is 0 Å². The standard InChI is InChI=1S/C19H35N7O2/c1-5-15(4)22-18(20-10-13-26-14-21-24-17(26)6-2)23-16-8-11-25(12-9-16)19(27)28-7-3/h14-16H,5-13H2,1-4H3,(H2,20,22,23). The minimum Gasteiger partial charge on any atom is -0.450 e. The van der Waals surface area contributed by atoms with E-state index in [2.05, 4.69) is 41.6 Å². The lowest BCUT2D eigenvalue weighted by Crippen LogP contribution is -2.51. The molecule has 1 aliphatic rings. The Kier molecular flexibility index (Phi) is 9.03. The smallest absolute Gasteiger partial charge is 0.409 e. The average molecular weight is 394 g/mol. The summed E-state index contributed by atoms with van der Waals surface area (Å²) in [6.07, 6.45) is 5.19. The Balaban J connectivity index is 1.89. The number of likely N-dealkylation sites (tertiary alicyclic amines) is 1. The van der Waals surface area contributed by atoms with Crippen LogP contribution >= 0.6 is 0 Å². The molecule has 1 aromatic heterocycles. The summed E-state index contributed by atoms with van der Waals surface area (Å²) in [5.74, 6) is 1.81. The Bertz CT molecular complexity index is 624. The minimum atomic E-state index is -0.215. The fraction of sp³-hybridized carbons (Fsp3) is 0.789. The van der Waals surface area contributed by atoms with Crippen LogP contribution in [0.15, 0.2) is 11.3 Å². The van der Waals surface area contributed by atoms with Gasteiger partial charge < -0.3 is 24.8 Å². The van der Waals surface area contributed by atoms with Crippen LogP contribution < -0.4 is 10.6 Å². The first-order valence-corrected chi connectivity index (χ1v) is 10.4. The van der Waals surface area contributed by atoms with E-state index in [-0.39, 0.29) is 6.09 Å². The van der Waals surface area contributed by atoms with Gasteiger partial charge in [0.15, 0.2) is 5.96 Å². The first kappa shape index (κ1) is 22.0. The van der Waals surface area contributed by atoms with Crippen molar-refractivity contribution < 1.29 is 9.53 Å². The van der Waals surface area contributed by atoms with E-state index < -0.39 is 0 Å². The molecular weight excluding hydrogens is 358 g/mol. The zero-order valence-corrected chi connectivity index (χ0v) is 17.6.